The monoisotopic (exact) mass is 387 g/mol. The van der Waals surface area contributed by atoms with Crippen LogP contribution in [0, 0.1) is 31.0 Å². The number of rotatable bonds is 4. The zero-order chi connectivity index (χ0) is 19.6. The predicted octanol–water partition coefficient (Wildman–Crippen LogP) is 3.01. The summed E-state index contributed by atoms with van der Waals surface area (Å²) in [5.74, 6) is -0.452. The number of piperazine rings is 1. The molecule has 2 aromatic carbocycles. The Morgan fingerprint density at radius 3 is 2.30 bits per heavy atom. The second-order valence-electron chi connectivity index (χ2n) is 6.74. The van der Waals surface area contributed by atoms with Crippen LogP contribution in [-0.2, 0) is 10.0 Å². The van der Waals surface area contributed by atoms with Crippen LogP contribution in [0.1, 0.15) is 22.7 Å². The largest absolute Gasteiger partial charge is 0.282 e. The number of hydrogen-bond donors (Lipinski definition) is 0. The average molecular weight is 387 g/mol. The third-order valence-electron chi connectivity index (χ3n) is 5.00. The Balaban J connectivity index is 1.76. The Morgan fingerprint density at radius 1 is 1.04 bits per heavy atom. The SMILES string of the molecule is Cc1ccccc1C(C#N)N1CCN(S(=O)(=O)c2ccc(F)cc2C)CC1. The van der Waals surface area contributed by atoms with E-state index in [9.17, 15) is 18.1 Å². The summed E-state index contributed by atoms with van der Waals surface area (Å²) in [5, 5.41) is 9.66. The van der Waals surface area contributed by atoms with Crippen LogP contribution in [0.5, 0.6) is 0 Å². The van der Waals surface area contributed by atoms with Crippen LogP contribution in [-0.4, -0.2) is 43.8 Å². The molecule has 0 amide bonds. The third kappa shape index (κ3) is 3.88. The van der Waals surface area contributed by atoms with Crippen molar-refractivity contribution in [3.05, 3.63) is 65.0 Å². The second kappa shape index (κ2) is 7.77. The van der Waals surface area contributed by atoms with Gasteiger partial charge in [0.05, 0.1) is 11.0 Å². The molecule has 1 fully saturated rings. The van der Waals surface area contributed by atoms with E-state index in [-0.39, 0.29) is 4.90 Å². The van der Waals surface area contributed by atoms with E-state index >= 15 is 0 Å². The number of nitriles is 1. The van der Waals surface area contributed by atoms with Crippen LogP contribution in [0.15, 0.2) is 47.4 Å². The summed E-state index contributed by atoms with van der Waals surface area (Å²) in [7, 11) is -3.68. The smallest absolute Gasteiger partial charge is 0.243 e. The Morgan fingerprint density at radius 2 is 1.70 bits per heavy atom. The average Bonchev–Trinajstić information content (AvgIpc) is 2.64. The molecule has 7 heteroatoms. The van der Waals surface area contributed by atoms with Crippen LogP contribution in [0.25, 0.3) is 0 Å². The van der Waals surface area contributed by atoms with Gasteiger partial charge in [-0.05, 0) is 48.7 Å². The van der Waals surface area contributed by atoms with Crippen molar-refractivity contribution in [2.75, 3.05) is 26.2 Å². The molecule has 5 nitrogen and oxygen atoms in total. The van der Waals surface area contributed by atoms with E-state index in [4.69, 9.17) is 0 Å². The minimum Gasteiger partial charge on any atom is -0.282 e. The van der Waals surface area contributed by atoms with Crippen molar-refractivity contribution < 1.29 is 12.8 Å². The topological polar surface area (TPSA) is 64.4 Å². The molecule has 1 aliphatic rings. The number of sulfonamides is 1. The second-order valence-corrected chi connectivity index (χ2v) is 8.64. The van der Waals surface area contributed by atoms with Crippen LogP contribution in [0.4, 0.5) is 4.39 Å². The molecule has 0 aliphatic carbocycles. The number of nitrogens with zero attached hydrogens (tertiary/aromatic N) is 3. The van der Waals surface area contributed by atoms with Crippen molar-refractivity contribution in [1.82, 2.24) is 9.21 Å². The van der Waals surface area contributed by atoms with Gasteiger partial charge in [0, 0.05) is 26.2 Å². The highest BCUT2D eigenvalue weighted by atomic mass is 32.2. The predicted molar refractivity (Wildman–Crippen MR) is 101 cm³/mol. The summed E-state index contributed by atoms with van der Waals surface area (Å²) in [6.45, 7) is 5.08. The maximum absolute atomic E-state index is 13.3. The number of halogens is 1. The van der Waals surface area contributed by atoms with Crippen LogP contribution in [0.3, 0.4) is 0 Å². The standard InChI is InChI=1S/C20H22FN3O2S/c1-15-5-3-4-6-18(15)19(14-22)23-9-11-24(12-10-23)27(25,26)20-8-7-17(21)13-16(20)2/h3-8,13,19H,9-12H2,1-2H3. The molecule has 2 aromatic rings. The van der Waals surface area contributed by atoms with E-state index in [2.05, 4.69) is 6.07 Å². The van der Waals surface area contributed by atoms with Gasteiger partial charge in [0.15, 0.2) is 0 Å². The van der Waals surface area contributed by atoms with E-state index in [1.54, 1.807) is 6.92 Å². The summed E-state index contributed by atoms with van der Waals surface area (Å²) in [6, 6.07) is 13.4. The van der Waals surface area contributed by atoms with Gasteiger partial charge in [-0.2, -0.15) is 9.57 Å². The molecule has 0 spiro atoms. The number of benzene rings is 2. The fourth-order valence-corrected chi connectivity index (χ4v) is 5.11. The Labute approximate surface area is 159 Å². The Hall–Kier alpha value is -2.27. The van der Waals surface area contributed by atoms with Gasteiger partial charge >= 0.3 is 0 Å². The molecule has 3 rings (SSSR count). The molecule has 142 valence electrons. The van der Waals surface area contributed by atoms with Crippen molar-refractivity contribution >= 4 is 10.0 Å². The molecule has 1 saturated heterocycles. The summed E-state index contributed by atoms with van der Waals surface area (Å²) in [5.41, 5.74) is 2.39. The van der Waals surface area contributed by atoms with Gasteiger partial charge in [-0.3, -0.25) is 4.90 Å². The molecule has 0 radical (unpaired) electrons. The highest BCUT2D eigenvalue weighted by Gasteiger charge is 2.32. The first kappa shape index (κ1) is 19.5. The molecule has 1 unspecified atom stereocenters. The minimum absolute atomic E-state index is 0.132. The highest BCUT2D eigenvalue weighted by molar-refractivity contribution is 7.89. The van der Waals surface area contributed by atoms with Gasteiger partial charge in [-0.1, -0.05) is 24.3 Å². The van der Waals surface area contributed by atoms with Crippen LogP contribution in [0.2, 0.25) is 0 Å². The van der Waals surface area contributed by atoms with Gasteiger partial charge in [0.2, 0.25) is 10.0 Å². The first-order valence-electron chi connectivity index (χ1n) is 8.80. The van der Waals surface area contributed by atoms with Crippen molar-refractivity contribution in [1.29, 1.82) is 5.26 Å². The zero-order valence-electron chi connectivity index (χ0n) is 15.4. The maximum atomic E-state index is 13.3. The molecule has 0 N–H and O–H groups in total. The van der Waals surface area contributed by atoms with Gasteiger partial charge < -0.3 is 0 Å². The van der Waals surface area contributed by atoms with Crippen LogP contribution >= 0.6 is 0 Å². The molecular weight excluding hydrogens is 365 g/mol. The summed E-state index contributed by atoms with van der Waals surface area (Å²) >= 11 is 0. The van der Waals surface area contributed by atoms with Crippen LogP contribution < -0.4 is 0 Å². The Kier molecular flexibility index (Phi) is 5.61. The molecule has 1 aliphatic heterocycles. The maximum Gasteiger partial charge on any atom is 0.243 e. The first-order valence-corrected chi connectivity index (χ1v) is 10.2. The fraction of sp³-hybridized carbons (Fsp3) is 0.350. The summed E-state index contributed by atoms with van der Waals surface area (Å²) in [6.07, 6.45) is 0. The summed E-state index contributed by atoms with van der Waals surface area (Å²) < 4.78 is 40.5. The fourth-order valence-electron chi connectivity index (χ4n) is 3.48. The zero-order valence-corrected chi connectivity index (χ0v) is 16.2. The first-order chi connectivity index (χ1) is 12.8. The minimum atomic E-state index is -3.68. The lowest BCUT2D eigenvalue weighted by molar-refractivity contribution is 0.162. The molecule has 27 heavy (non-hydrogen) atoms. The third-order valence-corrected chi connectivity index (χ3v) is 7.06. The van der Waals surface area contributed by atoms with Crippen molar-refractivity contribution in [3.8, 4) is 6.07 Å². The summed E-state index contributed by atoms with van der Waals surface area (Å²) in [4.78, 5) is 2.14. The van der Waals surface area contributed by atoms with Gasteiger partial charge in [-0.15, -0.1) is 0 Å². The Bertz CT molecular complexity index is 977. The van der Waals surface area contributed by atoms with Crippen molar-refractivity contribution in [3.63, 3.8) is 0 Å². The number of hydrogen-bond acceptors (Lipinski definition) is 4. The molecule has 1 heterocycles. The lowest BCUT2D eigenvalue weighted by atomic mass is 10.0. The molecule has 0 saturated carbocycles. The van der Waals surface area contributed by atoms with Gasteiger partial charge in [0.25, 0.3) is 0 Å². The highest BCUT2D eigenvalue weighted by Crippen LogP contribution is 2.27. The van der Waals surface area contributed by atoms with Crippen molar-refractivity contribution in [2.24, 2.45) is 0 Å². The van der Waals surface area contributed by atoms with Gasteiger partial charge in [-0.25, -0.2) is 12.8 Å². The molecule has 0 aromatic heterocycles. The van der Waals surface area contributed by atoms with E-state index in [1.165, 1.54) is 22.5 Å². The van der Waals surface area contributed by atoms with E-state index < -0.39 is 21.9 Å². The van der Waals surface area contributed by atoms with Gasteiger partial charge in [0.1, 0.15) is 11.9 Å². The van der Waals surface area contributed by atoms with E-state index in [0.717, 1.165) is 11.1 Å². The normalized spacial score (nSPS) is 17.4. The van der Waals surface area contributed by atoms with Crippen molar-refractivity contribution in [2.45, 2.75) is 24.8 Å². The van der Waals surface area contributed by atoms with E-state index in [0.29, 0.717) is 31.7 Å². The molecule has 0 bridgehead atoms. The number of aryl methyl sites for hydroxylation is 2. The van der Waals surface area contributed by atoms with E-state index in [1.807, 2.05) is 36.1 Å². The lowest BCUT2D eigenvalue weighted by Gasteiger charge is -2.36. The lowest BCUT2D eigenvalue weighted by Crippen LogP contribution is -2.49. The molecule has 1 atom stereocenters. The molecular formula is C20H22FN3O2S. The quantitative estimate of drug-likeness (QED) is 0.809.